The number of nitrogens with one attached hydrogen (secondary N) is 1. The Morgan fingerprint density at radius 2 is 1.90 bits per heavy atom. The lowest BCUT2D eigenvalue weighted by Gasteiger charge is -2.16. The van der Waals surface area contributed by atoms with Gasteiger partial charge in [0.15, 0.2) is 5.75 Å². The Morgan fingerprint density at radius 3 is 2.62 bits per heavy atom. The van der Waals surface area contributed by atoms with Gasteiger partial charge in [-0.2, -0.15) is 0 Å². The van der Waals surface area contributed by atoms with Crippen LogP contribution in [0.5, 0.6) is 11.5 Å². The number of para-hydroxylation sites is 1. The van der Waals surface area contributed by atoms with Gasteiger partial charge < -0.3 is 10.1 Å². The molecule has 0 unspecified atom stereocenters. The maximum Gasteiger partial charge on any atom is 0.150 e. The molecule has 2 rings (SSSR count). The molecule has 0 amide bonds. The summed E-state index contributed by atoms with van der Waals surface area (Å²) in [7, 11) is 0. The molecule has 0 atom stereocenters. The van der Waals surface area contributed by atoms with Crippen molar-refractivity contribution >= 4 is 23.2 Å². The smallest absolute Gasteiger partial charge is 0.150 e. The average molecular weight is 324 g/mol. The van der Waals surface area contributed by atoms with E-state index in [1.165, 1.54) is 0 Å². The normalized spacial score (nSPS) is 11.0. The van der Waals surface area contributed by atoms with E-state index in [-0.39, 0.29) is 0 Å². The monoisotopic (exact) mass is 323 g/mol. The zero-order chi connectivity index (χ0) is 15.4. The van der Waals surface area contributed by atoms with Gasteiger partial charge in [-0.25, -0.2) is 0 Å². The van der Waals surface area contributed by atoms with Crippen molar-refractivity contribution in [3.63, 3.8) is 0 Å². The van der Waals surface area contributed by atoms with E-state index in [9.17, 15) is 0 Å². The number of aryl methyl sites for hydroxylation is 1. The molecule has 2 aromatic carbocycles. The number of benzene rings is 2. The summed E-state index contributed by atoms with van der Waals surface area (Å²) in [5.41, 5.74) is 2.04. The summed E-state index contributed by atoms with van der Waals surface area (Å²) in [5.74, 6) is 1.40. The van der Waals surface area contributed by atoms with Gasteiger partial charge in [-0.05, 0) is 30.7 Å². The van der Waals surface area contributed by atoms with Crippen molar-refractivity contribution in [3.05, 3.63) is 57.6 Å². The van der Waals surface area contributed by atoms with Crippen LogP contribution in [-0.4, -0.2) is 6.04 Å². The van der Waals surface area contributed by atoms with Crippen LogP contribution in [0.3, 0.4) is 0 Å². The summed E-state index contributed by atoms with van der Waals surface area (Å²) < 4.78 is 6.03. The molecule has 21 heavy (non-hydrogen) atoms. The minimum atomic E-state index is 0.393. The molecular formula is C17H19Cl2NO. The van der Waals surface area contributed by atoms with E-state index < -0.39 is 0 Å². The van der Waals surface area contributed by atoms with Gasteiger partial charge in [-0.3, -0.25) is 0 Å². The lowest BCUT2D eigenvalue weighted by Crippen LogP contribution is -2.22. The standard InChI is InChI=1S/C17H19Cl2NO/c1-11(2)20-10-13-5-4-6-15(19)17(13)21-16-9-14(18)8-7-12(16)3/h4-9,11,20H,10H2,1-3H3. The first-order valence-corrected chi connectivity index (χ1v) is 7.67. The highest BCUT2D eigenvalue weighted by Gasteiger charge is 2.11. The molecule has 1 N–H and O–H groups in total. The van der Waals surface area contributed by atoms with Gasteiger partial charge in [0.2, 0.25) is 0 Å². The molecule has 0 spiro atoms. The third-order valence-corrected chi connectivity index (χ3v) is 3.64. The second kappa shape index (κ2) is 7.17. The van der Waals surface area contributed by atoms with E-state index >= 15 is 0 Å². The third kappa shape index (κ3) is 4.37. The van der Waals surface area contributed by atoms with Crippen LogP contribution in [0.25, 0.3) is 0 Å². The second-order valence-corrected chi connectivity index (χ2v) is 6.12. The zero-order valence-corrected chi connectivity index (χ0v) is 13.9. The molecule has 0 aliphatic heterocycles. The predicted octanol–water partition coefficient (Wildman–Crippen LogP) is 5.59. The molecule has 0 aromatic heterocycles. The van der Waals surface area contributed by atoms with Crippen LogP contribution in [0.1, 0.15) is 25.0 Å². The summed E-state index contributed by atoms with van der Waals surface area (Å²) in [6.45, 7) is 6.89. The minimum Gasteiger partial charge on any atom is -0.455 e. The Balaban J connectivity index is 2.32. The van der Waals surface area contributed by atoms with Crippen molar-refractivity contribution in [2.45, 2.75) is 33.4 Å². The minimum absolute atomic E-state index is 0.393. The highest BCUT2D eigenvalue weighted by Crippen LogP contribution is 2.35. The van der Waals surface area contributed by atoms with Gasteiger partial charge in [0, 0.05) is 23.2 Å². The Bertz CT molecular complexity index is 626. The summed E-state index contributed by atoms with van der Waals surface area (Å²) >= 11 is 12.3. The number of ether oxygens (including phenoxy) is 1. The van der Waals surface area contributed by atoms with Crippen LogP contribution < -0.4 is 10.1 Å². The number of hydrogen-bond acceptors (Lipinski definition) is 2. The van der Waals surface area contributed by atoms with Crippen LogP contribution in [-0.2, 0) is 6.54 Å². The fraction of sp³-hybridized carbons (Fsp3) is 0.294. The first-order valence-electron chi connectivity index (χ1n) is 6.92. The Morgan fingerprint density at radius 1 is 1.14 bits per heavy atom. The molecule has 2 nitrogen and oxygen atoms in total. The molecule has 0 radical (unpaired) electrons. The van der Waals surface area contributed by atoms with Crippen molar-refractivity contribution < 1.29 is 4.74 Å². The van der Waals surface area contributed by atoms with E-state index in [1.54, 1.807) is 6.07 Å². The van der Waals surface area contributed by atoms with E-state index in [2.05, 4.69) is 19.2 Å². The maximum atomic E-state index is 6.30. The fourth-order valence-electron chi connectivity index (χ4n) is 1.91. The molecule has 0 fully saturated rings. The predicted molar refractivity (Wildman–Crippen MR) is 89.7 cm³/mol. The van der Waals surface area contributed by atoms with Crippen LogP contribution in [0.4, 0.5) is 0 Å². The fourth-order valence-corrected chi connectivity index (χ4v) is 2.31. The second-order valence-electron chi connectivity index (χ2n) is 5.28. The van der Waals surface area contributed by atoms with Crippen molar-refractivity contribution in [1.29, 1.82) is 0 Å². The van der Waals surface area contributed by atoms with Crippen LogP contribution in [0.15, 0.2) is 36.4 Å². The van der Waals surface area contributed by atoms with E-state index in [0.717, 1.165) is 16.9 Å². The van der Waals surface area contributed by atoms with E-state index in [4.69, 9.17) is 27.9 Å². The van der Waals surface area contributed by atoms with Crippen LogP contribution in [0.2, 0.25) is 10.0 Å². The Kier molecular flexibility index (Phi) is 5.51. The van der Waals surface area contributed by atoms with Gasteiger partial charge in [0.25, 0.3) is 0 Å². The molecule has 0 bridgehead atoms. The van der Waals surface area contributed by atoms with Crippen molar-refractivity contribution in [1.82, 2.24) is 5.32 Å². The molecule has 112 valence electrons. The van der Waals surface area contributed by atoms with E-state index in [1.807, 2.05) is 37.3 Å². The quantitative estimate of drug-likeness (QED) is 0.774. The summed E-state index contributed by atoms with van der Waals surface area (Å²) in [4.78, 5) is 0. The van der Waals surface area contributed by atoms with Gasteiger partial charge in [0.05, 0.1) is 5.02 Å². The van der Waals surface area contributed by atoms with Crippen molar-refractivity contribution in [2.75, 3.05) is 0 Å². The number of halogens is 2. The SMILES string of the molecule is Cc1ccc(Cl)cc1Oc1c(Cl)cccc1CNC(C)C. The highest BCUT2D eigenvalue weighted by molar-refractivity contribution is 6.32. The lowest BCUT2D eigenvalue weighted by molar-refractivity contribution is 0.466. The molecule has 0 saturated heterocycles. The molecule has 0 heterocycles. The first kappa shape index (κ1) is 16.2. The number of rotatable bonds is 5. The van der Waals surface area contributed by atoms with Gasteiger partial charge in [-0.1, -0.05) is 55.2 Å². The highest BCUT2D eigenvalue weighted by atomic mass is 35.5. The Hall–Kier alpha value is -1.22. The molecule has 0 aliphatic carbocycles. The molecule has 0 aliphatic rings. The van der Waals surface area contributed by atoms with Gasteiger partial charge in [-0.15, -0.1) is 0 Å². The van der Waals surface area contributed by atoms with E-state index in [0.29, 0.717) is 28.4 Å². The third-order valence-electron chi connectivity index (χ3n) is 3.11. The first-order chi connectivity index (χ1) is 9.97. The Labute approximate surface area is 136 Å². The van der Waals surface area contributed by atoms with Gasteiger partial charge >= 0.3 is 0 Å². The zero-order valence-electron chi connectivity index (χ0n) is 12.4. The van der Waals surface area contributed by atoms with Crippen LogP contribution in [0, 0.1) is 6.92 Å². The average Bonchev–Trinajstić information content (AvgIpc) is 2.43. The van der Waals surface area contributed by atoms with Crippen molar-refractivity contribution in [2.24, 2.45) is 0 Å². The summed E-state index contributed by atoms with van der Waals surface area (Å²) in [5, 5.41) is 4.61. The summed E-state index contributed by atoms with van der Waals surface area (Å²) in [6, 6.07) is 11.7. The summed E-state index contributed by atoms with van der Waals surface area (Å²) in [6.07, 6.45) is 0. The maximum absolute atomic E-state index is 6.30. The largest absolute Gasteiger partial charge is 0.455 e. The number of hydrogen-bond donors (Lipinski definition) is 1. The topological polar surface area (TPSA) is 21.3 Å². The molecule has 4 heteroatoms. The van der Waals surface area contributed by atoms with Gasteiger partial charge in [0.1, 0.15) is 5.75 Å². The lowest BCUT2D eigenvalue weighted by atomic mass is 10.1. The molecule has 0 saturated carbocycles. The molecular weight excluding hydrogens is 305 g/mol. The van der Waals surface area contributed by atoms with Crippen LogP contribution >= 0.6 is 23.2 Å². The molecule has 2 aromatic rings. The van der Waals surface area contributed by atoms with Crippen molar-refractivity contribution in [3.8, 4) is 11.5 Å².